The molecular weight excluding hydrogens is 306 g/mol. The maximum absolute atomic E-state index is 12.1. The number of piperidine rings is 2. The van der Waals surface area contributed by atoms with Gasteiger partial charge < -0.3 is 14.2 Å². The van der Waals surface area contributed by atoms with Crippen LogP contribution in [0.5, 0.6) is 0 Å². The molecule has 0 spiro atoms. The first-order chi connectivity index (χ1) is 11.7. The summed E-state index contributed by atoms with van der Waals surface area (Å²) in [5.74, 6) is 2.38. The van der Waals surface area contributed by atoms with Crippen molar-refractivity contribution >= 4 is 5.91 Å². The molecule has 1 amide bonds. The first-order valence-corrected chi connectivity index (χ1v) is 9.06. The number of likely N-dealkylation sites (tertiary alicyclic amines) is 2. The topological polar surface area (TPSA) is 63.5 Å². The Kier molecular flexibility index (Phi) is 5.84. The van der Waals surface area contributed by atoms with Crippen LogP contribution in [0.25, 0.3) is 0 Å². The van der Waals surface area contributed by atoms with E-state index in [4.69, 9.17) is 4.74 Å². The van der Waals surface area contributed by atoms with Crippen molar-refractivity contribution < 1.29 is 9.53 Å². The number of ether oxygens (including phenoxy) is 1. The van der Waals surface area contributed by atoms with E-state index >= 15 is 0 Å². The second-order valence-corrected chi connectivity index (χ2v) is 6.98. The molecule has 0 saturated carbocycles. The van der Waals surface area contributed by atoms with Gasteiger partial charge in [-0.15, -0.1) is 10.2 Å². The van der Waals surface area contributed by atoms with Gasteiger partial charge in [0.05, 0.1) is 6.54 Å². The minimum absolute atomic E-state index is 0.0675. The molecule has 24 heavy (non-hydrogen) atoms. The first kappa shape index (κ1) is 17.4. The quantitative estimate of drug-likeness (QED) is 0.808. The fraction of sp³-hybridized carbons (Fsp3) is 0.824. The summed E-state index contributed by atoms with van der Waals surface area (Å²) >= 11 is 0. The highest BCUT2D eigenvalue weighted by molar-refractivity contribution is 5.77. The molecular formula is C17H29N5O2. The van der Waals surface area contributed by atoms with E-state index in [1.165, 1.54) is 19.3 Å². The van der Waals surface area contributed by atoms with Crippen molar-refractivity contribution in [2.75, 3.05) is 39.9 Å². The first-order valence-electron chi connectivity index (χ1n) is 9.06. The predicted molar refractivity (Wildman–Crippen MR) is 90.6 cm³/mol. The molecule has 3 rings (SSSR count). The van der Waals surface area contributed by atoms with E-state index in [1.807, 2.05) is 4.90 Å². The highest BCUT2D eigenvalue weighted by Gasteiger charge is 2.28. The van der Waals surface area contributed by atoms with Crippen LogP contribution in [0.3, 0.4) is 0 Å². The Morgan fingerprint density at radius 1 is 1.17 bits per heavy atom. The van der Waals surface area contributed by atoms with E-state index in [1.54, 1.807) is 7.11 Å². The van der Waals surface area contributed by atoms with E-state index in [2.05, 4.69) is 26.7 Å². The lowest BCUT2D eigenvalue weighted by Gasteiger charge is -2.32. The van der Waals surface area contributed by atoms with Crippen molar-refractivity contribution in [3.63, 3.8) is 0 Å². The summed E-state index contributed by atoms with van der Waals surface area (Å²) in [4.78, 5) is 16.4. The second kappa shape index (κ2) is 8.07. The van der Waals surface area contributed by atoms with Crippen molar-refractivity contribution in [3.05, 3.63) is 11.6 Å². The maximum atomic E-state index is 12.1. The number of amides is 1. The van der Waals surface area contributed by atoms with Crippen LogP contribution in [0.2, 0.25) is 0 Å². The van der Waals surface area contributed by atoms with Crippen molar-refractivity contribution in [1.29, 1.82) is 0 Å². The number of rotatable bonds is 5. The Balaban J connectivity index is 1.64. The summed E-state index contributed by atoms with van der Waals surface area (Å²) in [5.41, 5.74) is 0. The zero-order chi connectivity index (χ0) is 16.9. The minimum atomic E-state index is 0.0675. The van der Waals surface area contributed by atoms with Crippen molar-refractivity contribution in [2.45, 2.75) is 44.6 Å². The van der Waals surface area contributed by atoms with E-state index in [-0.39, 0.29) is 18.4 Å². The number of methoxy groups -OCH3 is 1. The summed E-state index contributed by atoms with van der Waals surface area (Å²) in [6, 6.07) is 0. The van der Waals surface area contributed by atoms with E-state index in [9.17, 15) is 4.79 Å². The van der Waals surface area contributed by atoms with Gasteiger partial charge in [-0.2, -0.15) is 0 Å². The van der Waals surface area contributed by atoms with E-state index in [0.717, 1.165) is 57.2 Å². The van der Waals surface area contributed by atoms with Gasteiger partial charge in [-0.05, 0) is 38.8 Å². The molecule has 134 valence electrons. The number of hydrogen-bond acceptors (Lipinski definition) is 5. The van der Waals surface area contributed by atoms with Gasteiger partial charge in [-0.3, -0.25) is 9.69 Å². The molecule has 1 unspecified atom stereocenters. The SMILES string of the molecule is COCC(=O)N1CCCC(c2nnc(CN3CCCCC3)n2C)C1. The fourth-order valence-electron chi connectivity index (χ4n) is 3.82. The Hall–Kier alpha value is -1.47. The standard InChI is InChI=1S/C17H29N5O2/c1-20-15(12-21-8-4-3-5-9-21)18-19-17(20)14-7-6-10-22(11-14)16(23)13-24-2/h14H,3-13H2,1-2H3. The third-order valence-electron chi connectivity index (χ3n) is 5.22. The molecule has 2 aliphatic rings. The van der Waals surface area contributed by atoms with Crippen LogP contribution in [-0.4, -0.2) is 70.4 Å². The van der Waals surface area contributed by atoms with Gasteiger partial charge in [0, 0.05) is 33.2 Å². The molecule has 1 aromatic heterocycles. The van der Waals surface area contributed by atoms with Crippen LogP contribution in [0.1, 0.15) is 49.7 Å². The second-order valence-electron chi connectivity index (χ2n) is 6.98. The number of aromatic nitrogens is 3. The van der Waals surface area contributed by atoms with Crippen molar-refractivity contribution in [3.8, 4) is 0 Å². The molecule has 2 aliphatic heterocycles. The molecule has 0 N–H and O–H groups in total. The third kappa shape index (κ3) is 3.95. The summed E-state index contributed by atoms with van der Waals surface area (Å²) in [7, 11) is 3.62. The maximum Gasteiger partial charge on any atom is 0.248 e. The van der Waals surface area contributed by atoms with Crippen LogP contribution >= 0.6 is 0 Å². The lowest BCUT2D eigenvalue weighted by molar-refractivity contribution is -0.136. The predicted octanol–water partition coefficient (Wildman–Crippen LogP) is 1.15. The van der Waals surface area contributed by atoms with Crippen LogP contribution in [0.4, 0.5) is 0 Å². The smallest absolute Gasteiger partial charge is 0.248 e. The highest BCUT2D eigenvalue weighted by Crippen LogP contribution is 2.26. The molecule has 0 radical (unpaired) electrons. The van der Waals surface area contributed by atoms with Crippen molar-refractivity contribution in [1.82, 2.24) is 24.6 Å². The Labute approximate surface area is 144 Å². The number of nitrogens with zero attached hydrogens (tertiary/aromatic N) is 5. The van der Waals surface area contributed by atoms with E-state index in [0.29, 0.717) is 0 Å². The van der Waals surface area contributed by atoms with Crippen LogP contribution in [-0.2, 0) is 23.1 Å². The number of hydrogen-bond donors (Lipinski definition) is 0. The van der Waals surface area contributed by atoms with Crippen LogP contribution < -0.4 is 0 Å². The molecule has 0 bridgehead atoms. The largest absolute Gasteiger partial charge is 0.375 e. The van der Waals surface area contributed by atoms with Gasteiger partial charge in [0.2, 0.25) is 5.91 Å². The Morgan fingerprint density at radius 3 is 2.71 bits per heavy atom. The van der Waals surface area contributed by atoms with Gasteiger partial charge in [0.15, 0.2) is 0 Å². The zero-order valence-electron chi connectivity index (χ0n) is 14.9. The van der Waals surface area contributed by atoms with E-state index < -0.39 is 0 Å². The summed E-state index contributed by atoms with van der Waals surface area (Å²) in [5, 5.41) is 8.90. The molecule has 7 nitrogen and oxygen atoms in total. The lowest BCUT2D eigenvalue weighted by Crippen LogP contribution is -2.41. The van der Waals surface area contributed by atoms with Gasteiger partial charge in [0.25, 0.3) is 0 Å². The molecule has 0 aromatic carbocycles. The monoisotopic (exact) mass is 335 g/mol. The molecule has 2 saturated heterocycles. The van der Waals surface area contributed by atoms with Gasteiger partial charge in [-0.1, -0.05) is 6.42 Å². The average Bonchev–Trinajstić information content (AvgIpc) is 2.97. The average molecular weight is 335 g/mol. The molecule has 3 heterocycles. The fourth-order valence-corrected chi connectivity index (χ4v) is 3.82. The zero-order valence-corrected chi connectivity index (χ0v) is 14.9. The molecule has 1 aromatic rings. The van der Waals surface area contributed by atoms with Gasteiger partial charge in [-0.25, -0.2) is 0 Å². The van der Waals surface area contributed by atoms with Gasteiger partial charge in [0.1, 0.15) is 18.3 Å². The Bertz CT molecular complexity index is 553. The Morgan fingerprint density at radius 2 is 1.96 bits per heavy atom. The van der Waals surface area contributed by atoms with Gasteiger partial charge >= 0.3 is 0 Å². The number of carbonyl (C=O) groups excluding carboxylic acids is 1. The minimum Gasteiger partial charge on any atom is -0.375 e. The normalized spacial score (nSPS) is 22.8. The number of carbonyl (C=O) groups is 1. The van der Waals surface area contributed by atoms with Crippen LogP contribution in [0.15, 0.2) is 0 Å². The van der Waals surface area contributed by atoms with Crippen LogP contribution in [0, 0.1) is 0 Å². The molecule has 1 atom stereocenters. The van der Waals surface area contributed by atoms with Crippen molar-refractivity contribution in [2.24, 2.45) is 7.05 Å². The third-order valence-corrected chi connectivity index (χ3v) is 5.22. The summed E-state index contributed by atoms with van der Waals surface area (Å²) in [6.45, 7) is 4.89. The molecule has 7 heteroatoms. The molecule has 0 aliphatic carbocycles. The highest BCUT2D eigenvalue weighted by atomic mass is 16.5. The summed E-state index contributed by atoms with van der Waals surface area (Å²) in [6.07, 6.45) is 5.97. The molecule has 2 fully saturated rings. The summed E-state index contributed by atoms with van der Waals surface area (Å²) < 4.78 is 7.12. The lowest BCUT2D eigenvalue weighted by atomic mass is 9.97.